The number of fused-ring (bicyclic) bond motifs is 3. The van der Waals surface area contributed by atoms with Crippen LogP contribution in [0, 0.1) is 5.41 Å². The fourth-order valence-corrected chi connectivity index (χ4v) is 4.81. The van der Waals surface area contributed by atoms with E-state index in [1.807, 2.05) is 24.3 Å². The third kappa shape index (κ3) is 4.39. The highest BCUT2D eigenvalue weighted by Gasteiger charge is 2.44. The number of benzene rings is 2. The molecular weight excluding hydrogens is 448 g/mol. The molecule has 0 saturated heterocycles. The quantitative estimate of drug-likeness (QED) is 0.448. The van der Waals surface area contributed by atoms with Crippen molar-refractivity contribution in [1.82, 2.24) is 10.6 Å². The number of hydrogen-bond donors (Lipinski definition) is 3. The highest BCUT2D eigenvalue weighted by atomic mass is 16.5. The average Bonchev–Trinajstić information content (AvgIpc) is 3.43. The molecule has 2 amide bonds. The molecule has 2 aromatic carbocycles. The monoisotopic (exact) mass is 474 g/mol. The summed E-state index contributed by atoms with van der Waals surface area (Å²) >= 11 is 0. The van der Waals surface area contributed by atoms with Crippen molar-refractivity contribution in [2.24, 2.45) is 5.41 Å². The molecule has 0 spiro atoms. The molecular formula is C27H26N2O6. The van der Waals surface area contributed by atoms with Gasteiger partial charge in [-0.1, -0.05) is 55.0 Å². The van der Waals surface area contributed by atoms with Gasteiger partial charge in [0.15, 0.2) is 5.76 Å². The summed E-state index contributed by atoms with van der Waals surface area (Å²) in [6.07, 6.45) is 1.36. The molecule has 0 unspecified atom stereocenters. The molecule has 180 valence electrons. The Kier molecular flexibility index (Phi) is 6.03. The van der Waals surface area contributed by atoms with Crippen molar-refractivity contribution in [3.8, 4) is 11.1 Å². The van der Waals surface area contributed by atoms with Crippen molar-refractivity contribution in [3.63, 3.8) is 0 Å². The molecule has 1 heterocycles. The molecule has 3 aromatic rings. The summed E-state index contributed by atoms with van der Waals surface area (Å²) in [6.45, 7) is 0.329. The standard InChI is InChI=1S/C27H26N2O6/c30-24(29-16-27(25(31)32)12-5-13-27)23-11-10-17(35-23)14-28-26(33)34-15-22-20-8-3-1-6-18(20)19-7-2-4-9-21(19)22/h1-4,6-11,22H,5,12-16H2,(H,28,33)(H,29,30)(H,31,32). The van der Waals surface area contributed by atoms with Gasteiger partial charge in [0.05, 0.1) is 12.0 Å². The Morgan fingerprint density at radius 2 is 1.60 bits per heavy atom. The van der Waals surface area contributed by atoms with E-state index in [1.54, 1.807) is 6.07 Å². The van der Waals surface area contributed by atoms with Crippen molar-refractivity contribution in [1.29, 1.82) is 0 Å². The first-order valence-electron chi connectivity index (χ1n) is 11.7. The van der Waals surface area contributed by atoms with Crippen LogP contribution >= 0.6 is 0 Å². The number of carbonyl (C=O) groups excluding carboxylic acids is 2. The number of nitrogens with one attached hydrogen (secondary N) is 2. The molecule has 1 fully saturated rings. The lowest BCUT2D eigenvalue weighted by Crippen LogP contribution is -2.47. The van der Waals surface area contributed by atoms with Gasteiger partial charge < -0.3 is 24.9 Å². The highest BCUT2D eigenvalue weighted by Crippen LogP contribution is 2.44. The van der Waals surface area contributed by atoms with Gasteiger partial charge in [-0.25, -0.2) is 4.79 Å². The zero-order valence-corrected chi connectivity index (χ0v) is 19.1. The van der Waals surface area contributed by atoms with Crippen molar-refractivity contribution in [3.05, 3.63) is 83.3 Å². The molecule has 0 aliphatic heterocycles. The van der Waals surface area contributed by atoms with Gasteiger partial charge in [0, 0.05) is 12.5 Å². The van der Waals surface area contributed by atoms with Gasteiger partial charge >= 0.3 is 12.1 Å². The van der Waals surface area contributed by atoms with E-state index in [2.05, 4.69) is 34.9 Å². The zero-order valence-electron chi connectivity index (χ0n) is 19.1. The summed E-state index contributed by atoms with van der Waals surface area (Å²) in [7, 11) is 0. The van der Waals surface area contributed by atoms with Gasteiger partial charge in [-0.15, -0.1) is 0 Å². The predicted molar refractivity (Wildman–Crippen MR) is 127 cm³/mol. The lowest BCUT2D eigenvalue weighted by atomic mass is 9.69. The second-order valence-electron chi connectivity index (χ2n) is 9.07. The second kappa shape index (κ2) is 9.29. The number of carboxylic acid groups (broad SMARTS) is 1. The van der Waals surface area contributed by atoms with Crippen molar-refractivity contribution >= 4 is 18.0 Å². The van der Waals surface area contributed by atoms with Gasteiger partial charge in [0.2, 0.25) is 0 Å². The molecule has 0 atom stereocenters. The molecule has 2 aliphatic rings. The first-order chi connectivity index (χ1) is 17.0. The Balaban J connectivity index is 1.12. The summed E-state index contributed by atoms with van der Waals surface area (Å²) in [5, 5.41) is 14.7. The Hall–Kier alpha value is -4.07. The Bertz CT molecular complexity index is 1230. The Morgan fingerprint density at radius 1 is 0.943 bits per heavy atom. The van der Waals surface area contributed by atoms with E-state index in [0.717, 1.165) is 28.7 Å². The van der Waals surface area contributed by atoms with Crippen LogP contribution in [0.3, 0.4) is 0 Å². The summed E-state index contributed by atoms with van der Waals surface area (Å²) in [5.41, 5.74) is 3.70. The molecule has 1 aromatic heterocycles. The number of hydrogen-bond acceptors (Lipinski definition) is 5. The van der Waals surface area contributed by atoms with Crippen LogP contribution in [0.4, 0.5) is 4.79 Å². The molecule has 1 saturated carbocycles. The summed E-state index contributed by atoms with van der Waals surface area (Å²) in [4.78, 5) is 36.1. The van der Waals surface area contributed by atoms with E-state index >= 15 is 0 Å². The largest absolute Gasteiger partial charge is 0.481 e. The minimum Gasteiger partial charge on any atom is -0.481 e. The predicted octanol–water partition coefficient (Wildman–Crippen LogP) is 4.30. The fourth-order valence-electron chi connectivity index (χ4n) is 4.81. The van der Waals surface area contributed by atoms with Crippen molar-refractivity contribution < 1.29 is 28.6 Å². The number of ether oxygens (including phenoxy) is 1. The average molecular weight is 475 g/mol. The SMILES string of the molecule is O=C(NCc1ccc(C(=O)NCC2(C(=O)O)CCC2)o1)OCC1c2ccccc2-c2ccccc21. The lowest BCUT2D eigenvalue weighted by molar-refractivity contribution is -0.153. The number of furan rings is 1. The van der Waals surface area contributed by atoms with Crippen LogP contribution in [0.2, 0.25) is 0 Å². The molecule has 35 heavy (non-hydrogen) atoms. The lowest BCUT2D eigenvalue weighted by Gasteiger charge is -2.37. The van der Waals surface area contributed by atoms with E-state index in [-0.39, 0.29) is 31.4 Å². The highest BCUT2D eigenvalue weighted by molar-refractivity contribution is 5.92. The molecule has 8 heteroatoms. The van der Waals surface area contributed by atoms with Crippen LogP contribution < -0.4 is 10.6 Å². The molecule has 5 rings (SSSR count). The third-order valence-electron chi connectivity index (χ3n) is 6.99. The van der Waals surface area contributed by atoms with E-state index in [9.17, 15) is 19.5 Å². The fraction of sp³-hybridized carbons (Fsp3) is 0.296. The molecule has 8 nitrogen and oxygen atoms in total. The normalized spacial score (nSPS) is 15.4. The number of carboxylic acids is 1. The van der Waals surface area contributed by atoms with Gasteiger partial charge in [0.1, 0.15) is 12.4 Å². The van der Waals surface area contributed by atoms with E-state index in [1.165, 1.54) is 6.07 Å². The first-order valence-corrected chi connectivity index (χ1v) is 11.7. The maximum Gasteiger partial charge on any atom is 0.407 e. The second-order valence-corrected chi connectivity index (χ2v) is 9.07. The molecule has 0 bridgehead atoms. The molecule has 3 N–H and O–H groups in total. The van der Waals surface area contributed by atoms with Crippen molar-refractivity contribution in [2.75, 3.05) is 13.2 Å². The maximum atomic E-state index is 12.3. The molecule has 0 radical (unpaired) electrons. The minimum atomic E-state index is -0.892. The van der Waals surface area contributed by atoms with E-state index in [4.69, 9.17) is 9.15 Å². The van der Waals surface area contributed by atoms with Crippen molar-refractivity contribution in [2.45, 2.75) is 31.7 Å². The van der Waals surface area contributed by atoms with Crippen LogP contribution in [0.25, 0.3) is 11.1 Å². The van der Waals surface area contributed by atoms with Crippen LogP contribution in [0.15, 0.2) is 65.1 Å². The minimum absolute atomic E-state index is 0.0307. The van der Waals surface area contributed by atoms with Gasteiger partial charge in [-0.05, 0) is 47.2 Å². The van der Waals surface area contributed by atoms with Crippen LogP contribution in [0.1, 0.15) is 52.6 Å². The smallest absolute Gasteiger partial charge is 0.407 e. The topological polar surface area (TPSA) is 118 Å². The van der Waals surface area contributed by atoms with Crippen LogP contribution in [-0.2, 0) is 16.1 Å². The number of carbonyl (C=O) groups is 3. The summed E-state index contributed by atoms with van der Waals surface area (Å²) in [5.74, 6) is -0.951. The summed E-state index contributed by atoms with van der Waals surface area (Å²) < 4.78 is 11.0. The van der Waals surface area contributed by atoms with Gasteiger partial charge in [0.25, 0.3) is 5.91 Å². The van der Waals surface area contributed by atoms with E-state index < -0.39 is 23.4 Å². The molecule has 2 aliphatic carbocycles. The number of alkyl carbamates (subject to hydrolysis) is 1. The zero-order chi connectivity index (χ0) is 24.4. The van der Waals surface area contributed by atoms with Gasteiger partial charge in [-0.3, -0.25) is 9.59 Å². The first kappa shape index (κ1) is 22.7. The number of rotatable bonds is 8. The van der Waals surface area contributed by atoms with Crippen LogP contribution in [0.5, 0.6) is 0 Å². The Morgan fingerprint density at radius 3 is 2.20 bits per heavy atom. The van der Waals surface area contributed by atoms with Gasteiger partial charge in [-0.2, -0.15) is 0 Å². The Labute approximate surface area is 202 Å². The van der Waals surface area contributed by atoms with E-state index in [0.29, 0.717) is 18.6 Å². The number of amides is 2. The maximum absolute atomic E-state index is 12.3. The summed E-state index contributed by atoms with van der Waals surface area (Å²) in [6, 6.07) is 19.3. The van der Waals surface area contributed by atoms with Crippen LogP contribution in [-0.4, -0.2) is 36.2 Å². The number of aliphatic carboxylic acids is 1. The third-order valence-corrected chi connectivity index (χ3v) is 6.99.